The zero-order valence-corrected chi connectivity index (χ0v) is 14.0. The molecule has 0 aromatic heterocycles. The largest absolute Gasteiger partial charge is 0.497 e. The lowest BCUT2D eigenvalue weighted by molar-refractivity contribution is -0.137. The number of carbonyl (C=O) groups is 1. The average Bonchev–Trinajstić information content (AvgIpc) is 2.79. The Balaban J connectivity index is 1.96. The first-order chi connectivity index (χ1) is 11.1. The van der Waals surface area contributed by atoms with Gasteiger partial charge < -0.3 is 24.4 Å². The minimum Gasteiger partial charge on any atom is -0.497 e. The predicted octanol–water partition coefficient (Wildman–Crippen LogP) is 2.08. The summed E-state index contributed by atoms with van der Waals surface area (Å²) in [5.74, 6) is 0.869. The number of anilines is 1. The van der Waals surface area contributed by atoms with E-state index in [0.717, 1.165) is 56.3 Å². The zero-order valence-electron chi connectivity index (χ0n) is 14.0. The SMILES string of the molecule is COc1cc(OC)cc(N2CCCN(CCCC(=O)O)CC2)c1. The quantitative estimate of drug-likeness (QED) is 0.829. The van der Waals surface area contributed by atoms with E-state index in [1.165, 1.54) is 0 Å². The fraction of sp³-hybridized carbons (Fsp3) is 0.588. The Morgan fingerprint density at radius 1 is 1.09 bits per heavy atom. The number of carboxylic acids is 1. The summed E-state index contributed by atoms with van der Waals surface area (Å²) in [6.07, 6.45) is 2.02. The highest BCUT2D eigenvalue weighted by Gasteiger charge is 2.16. The molecule has 128 valence electrons. The van der Waals surface area contributed by atoms with Gasteiger partial charge in [-0.15, -0.1) is 0 Å². The van der Waals surface area contributed by atoms with E-state index in [1.807, 2.05) is 18.2 Å². The van der Waals surface area contributed by atoms with Crippen LogP contribution in [-0.2, 0) is 4.79 Å². The van der Waals surface area contributed by atoms with Crippen molar-refractivity contribution in [1.29, 1.82) is 0 Å². The van der Waals surface area contributed by atoms with Gasteiger partial charge in [-0.2, -0.15) is 0 Å². The van der Waals surface area contributed by atoms with Crippen molar-refractivity contribution in [3.8, 4) is 11.5 Å². The van der Waals surface area contributed by atoms with Gasteiger partial charge >= 0.3 is 5.97 Å². The Labute approximate surface area is 137 Å². The van der Waals surface area contributed by atoms with Crippen LogP contribution in [0.1, 0.15) is 19.3 Å². The molecule has 1 aliphatic heterocycles. The predicted molar refractivity (Wildman–Crippen MR) is 89.7 cm³/mol. The van der Waals surface area contributed by atoms with E-state index in [4.69, 9.17) is 14.6 Å². The molecule has 1 aromatic rings. The topological polar surface area (TPSA) is 62.2 Å². The molecule has 0 aliphatic carbocycles. The minimum atomic E-state index is -0.718. The van der Waals surface area contributed by atoms with Gasteiger partial charge in [0, 0.05) is 49.9 Å². The third kappa shape index (κ3) is 5.32. The summed E-state index contributed by atoms with van der Waals surface area (Å²) in [5.41, 5.74) is 1.11. The van der Waals surface area contributed by atoms with Crippen LogP contribution in [0.2, 0.25) is 0 Å². The molecular weight excluding hydrogens is 296 g/mol. The number of aliphatic carboxylic acids is 1. The summed E-state index contributed by atoms with van der Waals surface area (Å²) >= 11 is 0. The molecule has 1 fully saturated rings. The number of carboxylic acid groups (broad SMARTS) is 1. The van der Waals surface area contributed by atoms with E-state index in [9.17, 15) is 4.79 Å². The second-order valence-corrected chi connectivity index (χ2v) is 5.75. The Morgan fingerprint density at radius 3 is 2.39 bits per heavy atom. The minimum absolute atomic E-state index is 0.243. The number of ether oxygens (including phenoxy) is 2. The third-order valence-corrected chi connectivity index (χ3v) is 4.15. The van der Waals surface area contributed by atoms with Crippen LogP contribution in [0.5, 0.6) is 11.5 Å². The van der Waals surface area contributed by atoms with Crippen molar-refractivity contribution in [2.45, 2.75) is 19.3 Å². The second-order valence-electron chi connectivity index (χ2n) is 5.75. The molecular formula is C17H26N2O4. The molecule has 0 spiro atoms. The Bertz CT molecular complexity index is 499. The molecule has 6 heteroatoms. The lowest BCUT2D eigenvalue weighted by atomic mass is 10.2. The van der Waals surface area contributed by atoms with E-state index in [-0.39, 0.29) is 6.42 Å². The van der Waals surface area contributed by atoms with Gasteiger partial charge in [0.25, 0.3) is 0 Å². The maximum absolute atomic E-state index is 10.6. The molecule has 23 heavy (non-hydrogen) atoms. The molecule has 1 heterocycles. The van der Waals surface area contributed by atoms with Crippen LogP contribution < -0.4 is 14.4 Å². The molecule has 2 rings (SSSR count). The number of benzene rings is 1. The molecule has 1 N–H and O–H groups in total. The Kier molecular flexibility index (Phi) is 6.52. The highest BCUT2D eigenvalue weighted by atomic mass is 16.5. The molecule has 1 saturated heterocycles. The molecule has 1 aromatic carbocycles. The number of hydrogen-bond donors (Lipinski definition) is 1. The van der Waals surface area contributed by atoms with Crippen LogP contribution in [-0.4, -0.2) is 62.9 Å². The van der Waals surface area contributed by atoms with Crippen molar-refractivity contribution >= 4 is 11.7 Å². The van der Waals surface area contributed by atoms with E-state index in [0.29, 0.717) is 6.42 Å². The zero-order chi connectivity index (χ0) is 16.7. The van der Waals surface area contributed by atoms with Crippen molar-refractivity contribution in [3.05, 3.63) is 18.2 Å². The molecule has 0 unspecified atom stereocenters. The maximum atomic E-state index is 10.6. The monoisotopic (exact) mass is 322 g/mol. The maximum Gasteiger partial charge on any atom is 0.303 e. The van der Waals surface area contributed by atoms with Gasteiger partial charge in [0.1, 0.15) is 11.5 Å². The van der Waals surface area contributed by atoms with Gasteiger partial charge in [-0.1, -0.05) is 0 Å². The smallest absolute Gasteiger partial charge is 0.303 e. The van der Waals surface area contributed by atoms with Crippen molar-refractivity contribution in [1.82, 2.24) is 4.90 Å². The number of hydrogen-bond acceptors (Lipinski definition) is 5. The first-order valence-corrected chi connectivity index (χ1v) is 8.04. The molecule has 0 saturated carbocycles. The van der Waals surface area contributed by atoms with E-state index < -0.39 is 5.97 Å². The van der Waals surface area contributed by atoms with Crippen LogP contribution in [0.4, 0.5) is 5.69 Å². The van der Waals surface area contributed by atoms with Gasteiger partial charge in [0.15, 0.2) is 0 Å². The van der Waals surface area contributed by atoms with Gasteiger partial charge in [0.2, 0.25) is 0 Å². The number of nitrogens with zero attached hydrogens (tertiary/aromatic N) is 2. The standard InChI is InChI=1S/C17H26N2O4/c1-22-15-11-14(12-16(13-15)23-2)19-8-4-7-18(9-10-19)6-3-5-17(20)21/h11-13H,3-10H2,1-2H3,(H,20,21). The van der Waals surface area contributed by atoms with Crippen molar-refractivity contribution < 1.29 is 19.4 Å². The molecule has 1 aliphatic rings. The third-order valence-electron chi connectivity index (χ3n) is 4.15. The fourth-order valence-corrected chi connectivity index (χ4v) is 2.88. The summed E-state index contributed by atoms with van der Waals surface area (Å²) < 4.78 is 10.7. The van der Waals surface area contributed by atoms with Crippen LogP contribution in [0, 0.1) is 0 Å². The van der Waals surface area contributed by atoms with Crippen LogP contribution >= 0.6 is 0 Å². The summed E-state index contributed by atoms with van der Waals surface area (Å²) in [6, 6.07) is 5.94. The summed E-state index contributed by atoms with van der Waals surface area (Å²) in [4.78, 5) is 15.3. The summed E-state index contributed by atoms with van der Waals surface area (Å²) in [7, 11) is 3.32. The van der Waals surface area contributed by atoms with E-state index in [1.54, 1.807) is 14.2 Å². The molecule has 0 amide bonds. The number of methoxy groups -OCH3 is 2. The van der Waals surface area contributed by atoms with Gasteiger partial charge in [0.05, 0.1) is 14.2 Å². The lowest BCUT2D eigenvalue weighted by Crippen LogP contribution is -2.31. The molecule has 0 atom stereocenters. The Morgan fingerprint density at radius 2 is 1.78 bits per heavy atom. The van der Waals surface area contributed by atoms with Gasteiger partial charge in [-0.05, 0) is 25.9 Å². The van der Waals surface area contributed by atoms with Crippen molar-refractivity contribution in [2.24, 2.45) is 0 Å². The highest BCUT2D eigenvalue weighted by molar-refractivity contribution is 5.66. The van der Waals surface area contributed by atoms with E-state index in [2.05, 4.69) is 9.80 Å². The van der Waals surface area contributed by atoms with Gasteiger partial charge in [-0.3, -0.25) is 4.79 Å². The van der Waals surface area contributed by atoms with Crippen LogP contribution in [0.3, 0.4) is 0 Å². The summed E-state index contributed by atoms with van der Waals surface area (Å²) in [5, 5.41) is 8.74. The van der Waals surface area contributed by atoms with Crippen LogP contribution in [0.15, 0.2) is 18.2 Å². The number of rotatable bonds is 7. The lowest BCUT2D eigenvalue weighted by Gasteiger charge is -2.24. The fourth-order valence-electron chi connectivity index (χ4n) is 2.88. The first kappa shape index (κ1) is 17.4. The molecule has 0 radical (unpaired) electrons. The first-order valence-electron chi connectivity index (χ1n) is 8.04. The van der Waals surface area contributed by atoms with Crippen LogP contribution in [0.25, 0.3) is 0 Å². The molecule has 0 bridgehead atoms. The molecule has 6 nitrogen and oxygen atoms in total. The van der Waals surface area contributed by atoms with Crippen molar-refractivity contribution in [3.63, 3.8) is 0 Å². The van der Waals surface area contributed by atoms with Crippen molar-refractivity contribution in [2.75, 3.05) is 51.8 Å². The highest BCUT2D eigenvalue weighted by Crippen LogP contribution is 2.29. The normalized spacial score (nSPS) is 16.0. The summed E-state index contributed by atoms with van der Waals surface area (Å²) in [6.45, 7) is 4.70. The van der Waals surface area contributed by atoms with Gasteiger partial charge in [-0.25, -0.2) is 0 Å². The average molecular weight is 322 g/mol. The van der Waals surface area contributed by atoms with E-state index >= 15 is 0 Å². The Hall–Kier alpha value is -1.95. The second kappa shape index (κ2) is 8.62.